The van der Waals surface area contributed by atoms with E-state index in [9.17, 15) is 19.5 Å². The van der Waals surface area contributed by atoms with Crippen LogP contribution >= 0.6 is 46.4 Å². The van der Waals surface area contributed by atoms with Crippen LogP contribution in [0.4, 0.5) is 20.2 Å². The van der Waals surface area contributed by atoms with Crippen LogP contribution in [0.3, 0.4) is 0 Å². The number of hydrogen-bond acceptors (Lipinski definition) is 4. The Morgan fingerprint density at radius 3 is 2.27 bits per heavy atom. The van der Waals surface area contributed by atoms with Crippen molar-refractivity contribution in [2.24, 2.45) is 17.8 Å². The van der Waals surface area contributed by atoms with Crippen molar-refractivity contribution < 1.29 is 28.3 Å². The van der Waals surface area contributed by atoms with Crippen molar-refractivity contribution >= 4 is 75.6 Å². The van der Waals surface area contributed by atoms with Gasteiger partial charge in [-0.15, -0.1) is 0 Å². The van der Waals surface area contributed by atoms with E-state index in [0.29, 0.717) is 0 Å². The highest BCUT2D eigenvalue weighted by atomic mass is 35.5. The summed E-state index contributed by atoms with van der Waals surface area (Å²) in [5.74, 6) is -9.21. The van der Waals surface area contributed by atoms with Crippen molar-refractivity contribution in [3.05, 3.63) is 56.0 Å². The molecule has 2 aromatic carbocycles. The normalized spacial score (nSPS) is 28.7. The Morgan fingerprint density at radius 2 is 1.68 bits per heavy atom. The predicted octanol–water partition coefficient (Wildman–Crippen LogP) is 5.96. The molecule has 2 saturated heterocycles. The maximum Gasteiger partial charge on any atom is 0.310 e. The van der Waals surface area contributed by atoms with Gasteiger partial charge in [-0.2, -0.15) is 0 Å². The fourth-order valence-electron chi connectivity index (χ4n) is 6.80. The van der Waals surface area contributed by atoms with Crippen LogP contribution in [0, 0.1) is 17.8 Å². The monoisotopic (exact) mass is 631 g/mol. The number of benzene rings is 2. The zero-order chi connectivity index (χ0) is 28.9. The molecule has 1 saturated carbocycles. The van der Waals surface area contributed by atoms with E-state index < -0.39 is 60.1 Å². The molecule has 3 fully saturated rings. The van der Waals surface area contributed by atoms with Crippen LogP contribution in [0.2, 0.25) is 20.1 Å². The van der Waals surface area contributed by atoms with Gasteiger partial charge in [-0.25, -0.2) is 8.78 Å². The molecule has 2 amide bonds. The van der Waals surface area contributed by atoms with E-state index in [0.717, 1.165) is 17.7 Å². The first kappa shape index (κ1) is 28.0. The Kier molecular flexibility index (Phi) is 6.59. The molecule has 6 rings (SSSR count). The number of aliphatic carboxylic acids is 1. The second-order valence-corrected chi connectivity index (χ2v) is 12.7. The first-order valence-electron chi connectivity index (χ1n) is 12.7. The largest absolute Gasteiger partial charge is 0.481 e. The van der Waals surface area contributed by atoms with Crippen LogP contribution in [0.25, 0.3) is 0 Å². The first-order chi connectivity index (χ1) is 18.8. The molecule has 0 aromatic heterocycles. The molecular weight excluding hydrogens is 610 g/mol. The molecular formula is C27H23Cl4F2N3O4. The van der Waals surface area contributed by atoms with Crippen LogP contribution in [0.5, 0.6) is 0 Å². The Labute approximate surface area is 248 Å². The number of fused-ring (bicyclic) bond motifs is 4. The molecule has 3 heterocycles. The molecule has 1 N–H and O–H groups in total. The van der Waals surface area contributed by atoms with Crippen molar-refractivity contribution in [2.45, 2.75) is 36.8 Å². The fourth-order valence-corrected chi connectivity index (χ4v) is 7.91. The van der Waals surface area contributed by atoms with Crippen LogP contribution in [0.15, 0.2) is 30.3 Å². The van der Waals surface area contributed by atoms with Gasteiger partial charge < -0.3 is 14.9 Å². The second kappa shape index (κ2) is 9.42. The van der Waals surface area contributed by atoms with Crippen LogP contribution in [-0.2, 0) is 19.9 Å². The lowest BCUT2D eigenvalue weighted by Crippen LogP contribution is -2.56. The summed E-state index contributed by atoms with van der Waals surface area (Å²) in [5.41, 5.74) is -1.47. The minimum absolute atomic E-state index is 0.112. The Hall–Kier alpha value is -2.17. The SMILES string of the molecule is CN(C(=O)[C@H]1[C@H]2CC(F)(F)CN2[C@]2(C(=O)N(CC3CC3)c3c(Cl)cc(Cl)cc32)[C@H]1C(=O)O)c1cc(Cl)cc(Cl)c1. The second-order valence-electron chi connectivity index (χ2n) is 11.0. The standard InChI is InChI=1S/C27H23Cl4F2N3O4/c1-34(16-5-13(28)4-14(29)6-16)23(37)20-19-9-26(32,33)11-36(19)27(21(20)24(38)39)17-7-15(30)8-18(31)22(17)35(25(27)40)10-12-2-3-12/h4-8,12,19-21H,2-3,9-11H2,1H3,(H,38,39)/t19-,20+,21-,27+/m1/s1. The lowest BCUT2D eigenvalue weighted by Gasteiger charge is -2.36. The van der Waals surface area contributed by atoms with Gasteiger partial charge in [0.1, 0.15) is 11.5 Å². The van der Waals surface area contributed by atoms with Crippen LogP contribution in [-0.4, -0.2) is 59.9 Å². The molecule has 3 aliphatic heterocycles. The lowest BCUT2D eigenvalue weighted by atomic mass is 9.73. The molecule has 0 unspecified atom stereocenters. The number of carbonyl (C=O) groups excluding carboxylic acids is 2. The summed E-state index contributed by atoms with van der Waals surface area (Å²) in [7, 11) is 1.39. The minimum Gasteiger partial charge on any atom is -0.481 e. The average Bonchev–Trinajstić information content (AvgIpc) is 3.49. The van der Waals surface area contributed by atoms with Crippen LogP contribution in [0.1, 0.15) is 24.8 Å². The Balaban J connectivity index is 1.56. The molecule has 1 aliphatic carbocycles. The van der Waals surface area contributed by atoms with Crippen LogP contribution < -0.4 is 9.80 Å². The molecule has 4 aliphatic rings. The highest BCUT2D eigenvalue weighted by Crippen LogP contribution is 2.63. The third kappa shape index (κ3) is 4.11. The Bertz CT molecular complexity index is 1450. The zero-order valence-corrected chi connectivity index (χ0v) is 24.0. The van der Waals surface area contributed by atoms with Crippen molar-refractivity contribution in [1.82, 2.24) is 4.90 Å². The highest BCUT2D eigenvalue weighted by molar-refractivity contribution is 6.38. The third-order valence-electron chi connectivity index (χ3n) is 8.52. The van der Waals surface area contributed by atoms with Gasteiger partial charge in [0, 0.05) is 52.4 Å². The molecule has 40 heavy (non-hydrogen) atoms. The van der Waals surface area contributed by atoms with Crippen molar-refractivity contribution in [2.75, 3.05) is 29.9 Å². The van der Waals surface area contributed by atoms with Gasteiger partial charge in [-0.1, -0.05) is 46.4 Å². The van der Waals surface area contributed by atoms with Crippen molar-refractivity contribution in [3.8, 4) is 0 Å². The number of rotatable bonds is 5. The Morgan fingerprint density at radius 1 is 1.05 bits per heavy atom. The van der Waals surface area contributed by atoms with Gasteiger partial charge >= 0.3 is 5.97 Å². The number of carboxylic acids is 1. The van der Waals surface area contributed by atoms with Gasteiger partial charge in [0.15, 0.2) is 0 Å². The van der Waals surface area contributed by atoms with Crippen molar-refractivity contribution in [3.63, 3.8) is 0 Å². The van der Waals surface area contributed by atoms with E-state index in [1.807, 2.05) is 0 Å². The maximum absolute atomic E-state index is 15.2. The lowest BCUT2D eigenvalue weighted by molar-refractivity contribution is -0.154. The summed E-state index contributed by atoms with van der Waals surface area (Å²) in [5, 5.41) is 11.4. The maximum atomic E-state index is 15.2. The smallest absolute Gasteiger partial charge is 0.310 e. The minimum atomic E-state index is -3.27. The van der Waals surface area contributed by atoms with E-state index in [1.165, 1.54) is 47.2 Å². The third-order valence-corrected chi connectivity index (χ3v) is 9.46. The number of amides is 2. The average molecular weight is 633 g/mol. The molecule has 0 radical (unpaired) electrons. The number of halogens is 6. The summed E-state index contributed by atoms with van der Waals surface area (Å²) < 4.78 is 30.3. The summed E-state index contributed by atoms with van der Waals surface area (Å²) in [4.78, 5) is 45.5. The number of nitrogens with zero attached hydrogens (tertiary/aromatic N) is 3. The predicted molar refractivity (Wildman–Crippen MR) is 148 cm³/mol. The fraction of sp³-hybridized carbons (Fsp3) is 0.444. The summed E-state index contributed by atoms with van der Waals surface area (Å²) in [6.45, 7) is -0.639. The highest BCUT2D eigenvalue weighted by Gasteiger charge is 2.75. The molecule has 0 bridgehead atoms. The summed E-state index contributed by atoms with van der Waals surface area (Å²) >= 11 is 25.2. The summed E-state index contributed by atoms with van der Waals surface area (Å²) in [6, 6.07) is 5.99. The number of carbonyl (C=O) groups is 3. The number of hydrogen-bond donors (Lipinski definition) is 1. The number of anilines is 2. The zero-order valence-electron chi connectivity index (χ0n) is 21.0. The molecule has 13 heteroatoms. The molecule has 212 valence electrons. The molecule has 2 aromatic rings. The number of alkyl halides is 2. The molecule has 4 atom stereocenters. The summed E-state index contributed by atoms with van der Waals surface area (Å²) in [6.07, 6.45) is 0.953. The number of carboxylic acid groups (broad SMARTS) is 1. The van der Waals surface area contributed by atoms with E-state index >= 15 is 8.78 Å². The van der Waals surface area contributed by atoms with E-state index in [4.69, 9.17) is 46.4 Å². The topological polar surface area (TPSA) is 81.2 Å². The first-order valence-corrected chi connectivity index (χ1v) is 14.2. The van der Waals surface area contributed by atoms with Gasteiger partial charge in [0.05, 0.1) is 23.2 Å². The van der Waals surface area contributed by atoms with Gasteiger partial charge in [0.2, 0.25) is 5.91 Å². The molecule has 7 nitrogen and oxygen atoms in total. The van der Waals surface area contributed by atoms with E-state index in [1.54, 1.807) is 0 Å². The quantitative estimate of drug-likeness (QED) is 0.440. The van der Waals surface area contributed by atoms with Gasteiger partial charge in [-0.05, 0) is 49.1 Å². The van der Waals surface area contributed by atoms with Gasteiger partial charge in [0.25, 0.3) is 11.8 Å². The van der Waals surface area contributed by atoms with E-state index in [2.05, 4.69) is 0 Å². The molecule has 1 spiro atoms. The van der Waals surface area contributed by atoms with E-state index in [-0.39, 0.29) is 49.5 Å². The van der Waals surface area contributed by atoms with Gasteiger partial charge in [-0.3, -0.25) is 19.3 Å². The van der Waals surface area contributed by atoms with Crippen molar-refractivity contribution in [1.29, 1.82) is 0 Å².